The van der Waals surface area contributed by atoms with Crippen LogP contribution in [0.2, 0.25) is 0 Å². The van der Waals surface area contributed by atoms with E-state index in [1.165, 1.54) is 49.3 Å². The zero-order valence-corrected chi connectivity index (χ0v) is 22.1. The van der Waals surface area contributed by atoms with E-state index in [1.54, 1.807) is 18.4 Å². The van der Waals surface area contributed by atoms with Crippen molar-refractivity contribution in [1.82, 2.24) is 4.98 Å². The molecule has 0 spiro atoms. The van der Waals surface area contributed by atoms with Crippen molar-refractivity contribution in [3.63, 3.8) is 0 Å². The van der Waals surface area contributed by atoms with Crippen LogP contribution in [0.15, 0.2) is 66.0 Å². The van der Waals surface area contributed by atoms with Gasteiger partial charge in [-0.25, -0.2) is 31.8 Å². The number of methoxy groups -OCH3 is 1. The van der Waals surface area contributed by atoms with Crippen molar-refractivity contribution in [3.05, 3.63) is 57.5 Å². The van der Waals surface area contributed by atoms with E-state index >= 15 is 0 Å². The molecule has 3 rings (SSSR count). The summed E-state index contributed by atoms with van der Waals surface area (Å²) in [5, 5.41) is 8.15. The zero-order valence-electron chi connectivity index (χ0n) is 17.2. The lowest BCUT2D eigenvalue weighted by Gasteiger charge is -2.10. The molecule has 0 saturated heterocycles. The van der Waals surface area contributed by atoms with E-state index in [2.05, 4.69) is 26.2 Å². The van der Waals surface area contributed by atoms with Crippen LogP contribution in [0.5, 0.6) is 0 Å². The minimum absolute atomic E-state index is 0.00788. The normalized spacial score (nSPS) is 11.9. The van der Waals surface area contributed by atoms with Crippen LogP contribution in [0, 0.1) is 0 Å². The van der Waals surface area contributed by atoms with E-state index < -0.39 is 25.8 Å². The topological polar surface area (TPSA) is 146 Å². The Morgan fingerprint density at radius 1 is 1.18 bits per heavy atom. The van der Waals surface area contributed by atoms with Crippen molar-refractivity contribution >= 4 is 70.7 Å². The van der Waals surface area contributed by atoms with Gasteiger partial charge in [0, 0.05) is 12.7 Å². The van der Waals surface area contributed by atoms with Gasteiger partial charge in [-0.05, 0) is 52.0 Å². The number of ether oxygens (including phenoxy) is 1. The molecular weight excluding hydrogens is 574 g/mol. The first kappa shape index (κ1) is 25.6. The van der Waals surface area contributed by atoms with E-state index in [4.69, 9.17) is 9.88 Å². The summed E-state index contributed by atoms with van der Waals surface area (Å²) >= 11 is 5.61. The third-order valence-corrected chi connectivity index (χ3v) is 10.2. The van der Waals surface area contributed by atoms with Gasteiger partial charge in [-0.3, -0.25) is 0 Å². The number of sulfonamides is 1. The lowest BCUT2D eigenvalue weighted by atomic mass is 10.2. The summed E-state index contributed by atoms with van der Waals surface area (Å²) in [6.07, 6.45) is 2.95. The second-order valence-electron chi connectivity index (χ2n) is 6.51. The summed E-state index contributed by atoms with van der Waals surface area (Å²) in [6.45, 7) is 0.312. The zero-order chi connectivity index (χ0) is 24.4. The smallest absolute Gasteiger partial charge is 0.348 e. The third-order valence-electron chi connectivity index (χ3n) is 4.37. The van der Waals surface area contributed by atoms with Gasteiger partial charge in [0.2, 0.25) is 19.9 Å². The number of primary sulfonamides is 1. The lowest BCUT2D eigenvalue weighted by molar-refractivity contribution is 0.0606. The standard InChI is InChI=1S/C19H18BrN3O6S4/c1-29-18(24)15-8-16(19(30-2)31-15)32(25,26)13-7-14(20)17(23-10-13)22-9-11-3-5-12(6-4-11)33(21,27)28/h3-8,10H,9H2,1-2H3,(H,22,23)(H2,21,27,28). The number of rotatable bonds is 8. The van der Waals surface area contributed by atoms with Crippen LogP contribution in [0.1, 0.15) is 15.2 Å². The number of aromatic nitrogens is 1. The van der Waals surface area contributed by atoms with E-state index in [0.29, 0.717) is 21.0 Å². The van der Waals surface area contributed by atoms with Gasteiger partial charge >= 0.3 is 5.97 Å². The SMILES string of the molecule is COC(=O)c1cc(S(=O)(=O)c2cnc(NCc3ccc(S(N)(=O)=O)cc3)c(Br)c2)c(SC)s1. The van der Waals surface area contributed by atoms with Crippen molar-refractivity contribution in [2.45, 2.75) is 25.4 Å². The molecule has 0 unspecified atom stereocenters. The number of carbonyl (C=O) groups excluding carboxylic acids is 1. The molecule has 0 aliphatic rings. The van der Waals surface area contributed by atoms with E-state index in [9.17, 15) is 21.6 Å². The molecular formula is C19H18BrN3O6S4. The summed E-state index contributed by atoms with van der Waals surface area (Å²) < 4.78 is 54.7. The van der Waals surface area contributed by atoms with E-state index in [0.717, 1.165) is 16.9 Å². The second-order valence-corrected chi connectivity index (χ2v) is 13.0. The molecule has 2 heterocycles. The predicted molar refractivity (Wildman–Crippen MR) is 130 cm³/mol. The van der Waals surface area contributed by atoms with Gasteiger partial charge in [-0.15, -0.1) is 23.1 Å². The van der Waals surface area contributed by atoms with Crippen molar-refractivity contribution in [3.8, 4) is 0 Å². The number of thiophene rings is 1. The Balaban J connectivity index is 1.83. The predicted octanol–water partition coefficient (Wildman–Crippen LogP) is 3.51. The van der Waals surface area contributed by atoms with Crippen LogP contribution in [0.25, 0.3) is 0 Å². The number of sulfone groups is 1. The highest BCUT2D eigenvalue weighted by molar-refractivity contribution is 9.10. The quantitative estimate of drug-likeness (QED) is 0.296. The first-order valence-electron chi connectivity index (χ1n) is 8.99. The number of carbonyl (C=O) groups is 1. The molecule has 0 aliphatic heterocycles. The number of halogens is 1. The highest BCUT2D eigenvalue weighted by Gasteiger charge is 2.27. The molecule has 0 radical (unpaired) electrons. The molecule has 0 fully saturated rings. The molecule has 3 aromatic rings. The minimum atomic E-state index is -3.93. The van der Waals surface area contributed by atoms with Crippen LogP contribution in [0.3, 0.4) is 0 Å². The summed E-state index contributed by atoms with van der Waals surface area (Å²) in [7, 11) is -6.47. The number of esters is 1. The van der Waals surface area contributed by atoms with Gasteiger partial charge in [-0.2, -0.15) is 0 Å². The van der Waals surface area contributed by atoms with E-state index in [1.807, 2.05) is 0 Å². The average Bonchev–Trinajstić information content (AvgIpc) is 3.23. The van der Waals surface area contributed by atoms with Crippen molar-refractivity contribution in [1.29, 1.82) is 0 Å². The summed E-state index contributed by atoms with van der Waals surface area (Å²) in [6, 6.07) is 8.75. The molecule has 0 atom stereocenters. The Morgan fingerprint density at radius 2 is 1.85 bits per heavy atom. The number of nitrogens with zero attached hydrogens (tertiary/aromatic N) is 1. The maximum Gasteiger partial charge on any atom is 0.348 e. The molecule has 2 aromatic heterocycles. The molecule has 0 bridgehead atoms. The maximum atomic E-state index is 13.2. The summed E-state index contributed by atoms with van der Waals surface area (Å²) in [5.74, 6) is -0.206. The van der Waals surface area contributed by atoms with Gasteiger partial charge in [0.25, 0.3) is 0 Å². The van der Waals surface area contributed by atoms with Gasteiger partial charge in [0.05, 0.1) is 30.5 Å². The van der Waals surface area contributed by atoms with Crippen molar-refractivity contribution in [2.24, 2.45) is 5.14 Å². The first-order valence-corrected chi connectivity index (χ1v) is 14.9. The fraction of sp³-hybridized carbons (Fsp3) is 0.158. The van der Waals surface area contributed by atoms with Gasteiger partial charge in [-0.1, -0.05) is 12.1 Å². The molecule has 0 amide bonds. The Bertz CT molecular complexity index is 1400. The van der Waals surface area contributed by atoms with Crippen molar-refractivity contribution in [2.75, 3.05) is 18.7 Å². The van der Waals surface area contributed by atoms with E-state index in [-0.39, 0.29) is 19.6 Å². The van der Waals surface area contributed by atoms with Gasteiger partial charge in [0.15, 0.2) is 0 Å². The highest BCUT2D eigenvalue weighted by Crippen LogP contribution is 2.38. The average molecular weight is 593 g/mol. The minimum Gasteiger partial charge on any atom is -0.465 e. The number of nitrogens with one attached hydrogen (secondary N) is 1. The second kappa shape index (κ2) is 10.1. The maximum absolute atomic E-state index is 13.2. The number of nitrogens with two attached hydrogens (primary N) is 1. The summed E-state index contributed by atoms with van der Waals surface area (Å²) in [5.41, 5.74) is 0.769. The Kier molecular flexibility index (Phi) is 7.86. The van der Waals surface area contributed by atoms with Crippen LogP contribution in [0.4, 0.5) is 5.82 Å². The largest absolute Gasteiger partial charge is 0.465 e. The molecule has 14 heteroatoms. The number of benzene rings is 1. The fourth-order valence-corrected chi connectivity index (χ4v) is 7.74. The molecule has 9 nitrogen and oxygen atoms in total. The van der Waals surface area contributed by atoms with Gasteiger partial charge in [0.1, 0.15) is 10.7 Å². The Labute approximate surface area is 207 Å². The number of thioether (sulfide) groups is 1. The van der Waals surface area contributed by atoms with Crippen LogP contribution in [-0.2, 0) is 31.1 Å². The molecule has 3 N–H and O–H groups in total. The fourth-order valence-electron chi connectivity index (χ4n) is 2.70. The van der Waals surface area contributed by atoms with Crippen molar-refractivity contribution < 1.29 is 26.4 Å². The lowest BCUT2D eigenvalue weighted by Crippen LogP contribution is -2.12. The summed E-state index contributed by atoms with van der Waals surface area (Å²) in [4.78, 5) is 16.2. The molecule has 0 saturated carbocycles. The third kappa shape index (κ3) is 5.75. The number of hydrogen-bond acceptors (Lipinski definition) is 10. The van der Waals surface area contributed by atoms with Crippen LogP contribution < -0.4 is 10.5 Å². The highest BCUT2D eigenvalue weighted by atomic mass is 79.9. The number of anilines is 1. The first-order chi connectivity index (χ1) is 15.5. The number of hydrogen-bond donors (Lipinski definition) is 2. The monoisotopic (exact) mass is 591 g/mol. The molecule has 176 valence electrons. The Morgan fingerprint density at radius 3 is 2.39 bits per heavy atom. The van der Waals surface area contributed by atoms with Crippen LogP contribution >= 0.6 is 39.0 Å². The number of pyridine rings is 1. The van der Waals surface area contributed by atoms with Gasteiger partial charge < -0.3 is 10.1 Å². The van der Waals surface area contributed by atoms with Crippen LogP contribution in [-0.4, -0.2) is 41.2 Å². The Hall–Kier alpha value is -1.97. The molecule has 1 aromatic carbocycles. The molecule has 0 aliphatic carbocycles. The molecule has 33 heavy (non-hydrogen) atoms.